The van der Waals surface area contributed by atoms with Gasteiger partial charge in [-0.3, -0.25) is 0 Å². The summed E-state index contributed by atoms with van der Waals surface area (Å²) in [6.45, 7) is 2.47. The van der Waals surface area contributed by atoms with Crippen LogP contribution in [0, 0.1) is 6.92 Å². The summed E-state index contributed by atoms with van der Waals surface area (Å²) < 4.78 is 7.58. The molecule has 6 heteroatoms. The number of aryl methyl sites for hydroxylation is 1. The zero-order valence-corrected chi connectivity index (χ0v) is 13.3. The summed E-state index contributed by atoms with van der Waals surface area (Å²) in [5.41, 5.74) is 2.17. The van der Waals surface area contributed by atoms with Crippen molar-refractivity contribution in [3.05, 3.63) is 65.2 Å². The van der Waals surface area contributed by atoms with Gasteiger partial charge < -0.3 is 4.74 Å². The first-order chi connectivity index (χ1) is 11.3. The first-order valence-corrected chi connectivity index (χ1v) is 8.07. The minimum atomic E-state index is 0.422. The molecule has 0 radical (unpaired) electrons. The van der Waals surface area contributed by atoms with Crippen molar-refractivity contribution < 1.29 is 4.74 Å². The van der Waals surface area contributed by atoms with Crippen LogP contribution < -0.4 is 4.74 Å². The van der Waals surface area contributed by atoms with Crippen LogP contribution in [0.4, 0.5) is 0 Å². The number of aromatic nitrogens is 4. The fourth-order valence-electron chi connectivity index (χ4n) is 2.33. The van der Waals surface area contributed by atoms with Gasteiger partial charge in [0, 0.05) is 5.56 Å². The fourth-order valence-corrected chi connectivity index (χ4v) is 3.08. The Morgan fingerprint density at radius 2 is 1.91 bits per heavy atom. The van der Waals surface area contributed by atoms with Crippen molar-refractivity contribution in [2.75, 3.05) is 0 Å². The van der Waals surface area contributed by atoms with Gasteiger partial charge in [-0.2, -0.15) is 9.61 Å². The average Bonchev–Trinajstić information content (AvgIpc) is 3.14. The van der Waals surface area contributed by atoms with Crippen molar-refractivity contribution in [2.24, 2.45) is 0 Å². The zero-order valence-electron chi connectivity index (χ0n) is 12.5. The molecule has 2 aromatic carbocycles. The molecule has 0 aliphatic heterocycles. The molecule has 0 aliphatic rings. The number of hydrogen-bond donors (Lipinski definition) is 0. The lowest BCUT2D eigenvalue weighted by atomic mass is 10.2. The first-order valence-electron chi connectivity index (χ1n) is 7.25. The summed E-state index contributed by atoms with van der Waals surface area (Å²) in [6.07, 6.45) is 0. The predicted molar refractivity (Wildman–Crippen MR) is 89.6 cm³/mol. The molecule has 0 saturated heterocycles. The molecule has 2 heterocycles. The maximum absolute atomic E-state index is 5.80. The van der Waals surface area contributed by atoms with Gasteiger partial charge in [0.1, 0.15) is 12.4 Å². The van der Waals surface area contributed by atoms with Gasteiger partial charge in [-0.1, -0.05) is 53.8 Å². The minimum Gasteiger partial charge on any atom is -0.486 e. The molecule has 0 fully saturated rings. The molecule has 4 aromatic rings. The normalized spacial score (nSPS) is 11.0. The van der Waals surface area contributed by atoms with Gasteiger partial charge in [0.15, 0.2) is 10.8 Å². The van der Waals surface area contributed by atoms with Crippen LogP contribution in [0.3, 0.4) is 0 Å². The Balaban J connectivity index is 1.59. The molecule has 0 bridgehead atoms. The second-order valence-electron chi connectivity index (χ2n) is 5.18. The Morgan fingerprint density at radius 1 is 1.04 bits per heavy atom. The number of ether oxygens (including phenoxy) is 1. The van der Waals surface area contributed by atoms with Gasteiger partial charge in [0.25, 0.3) is 0 Å². The monoisotopic (exact) mass is 322 g/mol. The summed E-state index contributed by atoms with van der Waals surface area (Å²) in [4.78, 5) is 0.770. The van der Waals surface area contributed by atoms with E-state index in [1.807, 2.05) is 61.5 Å². The minimum absolute atomic E-state index is 0.422. The Bertz CT molecular complexity index is 946. The summed E-state index contributed by atoms with van der Waals surface area (Å²) in [7, 11) is 0. The molecule has 0 saturated carbocycles. The molecule has 23 heavy (non-hydrogen) atoms. The van der Waals surface area contributed by atoms with E-state index in [4.69, 9.17) is 4.74 Å². The quantitative estimate of drug-likeness (QED) is 0.574. The third-order valence-electron chi connectivity index (χ3n) is 3.42. The van der Waals surface area contributed by atoms with Crippen LogP contribution in [0.15, 0.2) is 54.6 Å². The Labute approximate surface area is 137 Å². The van der Waals surface area contributed by atoms with E-state index in [1.54, 1.807) is 4.52 Å². The van der Waals surface area contributed by atoms with E-state index < -0.39 is 0 Å². The maximum Gasteiger partial charge on any atom is 0.235 e. The van der Waals surface area contributed by atoms with E-state index in [1.165, 1.54) is 16.9 Å². The predicted octanol–water partition coefficient (Wildman–Crippen LogP) is 3.74. The number of fused-ring (bicyclic) bond motifs is 1. The standard InChI is InChI=1S/C17H14N4OS/c1-12-6-5-9-14(10-12)22-11-15-20-21-16(18-19-17(21)23-15)13-7-3-2-4-8-13/h2-10H,11H2,1H3. The molecular formula is C17H14N4OS. The highest BCUT2D eigenvalue weighted by Gasteiger charge is 2.13. The van der Waals surface area contributed by atoms with Crippen LogP contribution in [0.1, 0.15) is 10.6 Å². The van der Waals surface area contributed by atoms with E-state index in [-0.39, 0.29) is 0 Å². The second-order valence-corrected chi connectivity index (χ2v) is 6.23. The third kappa shape index (κ3) is 2.80. The number of hydrogen-bond acceptors (Lipinski definition) is 5. The van der Waals surface area contributed by atoms with Gasteiger partial charge in [-0.25, -0.2) is 0 Å². The van der Waals surface area contributed by atoms with Crippen molar-refractivity contribution in [1.82, 2.24) is 19.8 Å². The number of benzene rings is 2. The fraction of sp³-hybridized carbons (Fsp3) is 0.118. The summed E-state index contributed by atoms with van der Waals surface area (Å²) in [6, 6.07) is 17.9. The highest BCUT2D eigenvalue weighted by Crippen LogP contribution is 2.22. The van der Waals surface area contributed by atoms with Crippen LogP contribution in [0.2, 0.25) is 0 Å². The van der Waals surface area contributed by atoms with Crippen LogP contribution in [0.25, 0.3) is 16.3 Å². The molecule has 0 spiro atoms. The van der Waals surface area contributed by atoms with Gasteiger partial charge in [-0.15, -0.1) is 10.2 Å². The van der Waals surface area contributed by atoms with E-state index >= 15 is 0 Å². The SMILES string of the molecule is Cc1cccc(OCc2nn3c(-c4ccccc4)nnc3s2)c1. The molecule has 0 N–H and O–H groups in total. The molecular weight excluding hydrogens is 308 g/mol. The van der Waals surface area contributed by atoms with E-state index in [0.29, 0.717) is 6.61 Å². The lowest BCUT2D eigenvalue weighted by molar-refractivity contribution is 0.304. The zero-order chi connectivity index (χ0) is 15.6. The molecule has 114 valence electrons. The molecule has 0 amide bonds. The average molecular weight is 322 g/mol. The van der Waals surface area contributed by atoms with Gasteiger partial charge >= 0.3 is 0 Å². The maximum atomic E-state index is 5.80. The van der Waals surface area contributed by atoms with Crippen LogP contribution >= 0.6 is 11.3 Å². The van der Waals surface area contributed by atoms with Crippen LogP contribution in [0.5, 0.6) is 5.75 Å². The molecule has 5 nitrogen and oxygen atoms in total. The number of rotatable bonds is 4. The second kappa shape index (κ2) is 5.81. The molecule has 0 atom stereocenters. The molecule has 0 unspecified atom stereocenters. The van der Waals surface area contributed by atoms with E-state index in [0.717, 1.165) is 27.1 Å². The lowest BCUT2D eigenvalue weighted by Crippen LogP contribution is -1.97. The van der Waals surface area contributed by atoms with Crippen LogP contribution in [-0.2, 0) is 6.61 Å². The molecule has 2 aromatic heterocycles. The topological polar surface area (TPSA) is 52.3 Å². The lowest BCUT2D eigenvalue weighted by Gasteiger charge is -2.04. The smallest absolute Gasteiger partial charge is 0.235 e. The van der Waals surface area contributed by atoms with Crippen molar-refractivity contribution in [3.8, 4) is 17.1 Å². The first kappa shape index (κ1) is 13.9. The highest BCUT2D eigenvalue weighted by molar-refractivity contribution is 7.16. The summed E-state index contributed by atoms with van der Waals surface area (Å²) >= 11 is 1.49. The van der Waals surface area contributed by atoms with Gasteiger partial charge in [-0.05, 0) is 24.6 Å². The van der Waals surface area contributed by atoms with Gasteiger partial charge in [0.2, 0.25) is 4.96 Å². The van der Waals surface area contributed by atoms with Gasteiger partial charge in [0.05, 0.1) is 0 Å². The molecule has 4 rings (SSSR count). The van der Waals surface area contributed by atoms with Crippen LogP contribution in [-0.4, -0.2) is 19.8 Å². The van der Waals surface area contributed by atoms with Crippen molar-refractivity contribution in [1.29, 1.82) is 0 Å². The van der Waals surface area contributed by atoms with Crippen molar-refractivity contribution in [2.45, 2.75) is 13.5 Å². The Morgan fingerprint density at radius 3 is 2.74 bits per heavy atom. The molecule has 0 aliphatic carbocycles. The van der Waals surface area contributed by atoms with Crippen molar-refractivity contribution in [3.63, 3.8) is 0 Å². The van der Waals surface area contributed by atoms with Crippen molar-refractivity contribution >= 4 is 16.3 Å². The van der Waals surface area contributed by atoms with E-state index in [2.05, 4.69) is 15.3 Å². The summed E-state index contributed by atoms with van der Waals surface area (Å²) in [5, 5.41) is 13.9. The Kier molecular flexibility index (Phi) is 3.51. The number of nitrogens with zero attached hydrogens (tertiary/aromatic N) is 4. The largest absolute Gasteiger partial charge is 0.486 e. The van der Waals surface area contributed by atoms with E-state index in [9.17, 15) is 0 Å². The summed E-state index contributed by atoms with van der Waals surface area (Å²) in [5.74, 6) is 1.60. The third-order valence-corrected chi connectivity index (χ3v) is 4.29. The Hall–Kier alpha value is -2.73. The highest BCUT2D eigenvalue weighted by atomic mass is 32.1.